The first-order chi connectivity index (χ1) is 7.47. The smallest absolute Gasteiger partial charge is 0.339 e. The van der Waals surface area contributed by atoms with E-state index in [1.165, 1.54) is 0 Å². The van der Waals surface area contributed by atoms with Gasteiger partial charge in [-0.1, -0.05) is 43.9 Å². The van der Waals surface area contributed by atoms with Crippen molar-refractivity contribution >= 4 is 14.0 Å². The fraction of sp³-hybridized carbons (Fsp3) is 0.385. The molecule has 85 valence electrons. The quantitative estimate of drug-likeness (QED) is 0.590. The van der Waals surface area contributed by atoms with Crippen molar-refractivity contribution in [1.29, 1.82) is 0 Å². The topological polar surface area (TPSA) is 26.3 Å². The average Bonchev–Trinajstić information content (AvgIpc) is 2.53. The van der Waals surface area contributed by atoms with Crippen LogP contribution in [0.3, 0.4) is 0 Å². The Morgan fingerprint density at radius 1 is 1.12 bits per heavy atom. The first-order valence-electron chi connectivity index (χ1n) is 5.65. The van der Waals surface area contributed by atoms with Crippen molar-refractivity contribution in [2.45, 2.75) is 32.1 Å². The van der Waals surface area contributed by atoms with Gasteiger partial charge in [-0.3, -0.25) is 0 Å². The van der Waals surface area contributed by atoms with E-state index in [1.54, 1.807) is 0 Å². The van der Waals surface area contributed by atoms with Crippen molar-refractivity contribution in [3.63, 3.8) is 0 Å². The molecule has 1 aromatic carbocycles. The monoisotopic (exact) mass is 233 g/mol. The van der Waals surface area contributed by atoms with E-state index in [-0.39, 0.29) is 5.97 Å². The Kier molecular flexibility index (Phi) is 2.89. The molecule has 16 heavy (non-hydrogen) atoms. The van der Waals surface area contributed by atoms with Crippen molar-refractivity contribution in [1.82, 2.24) is 0 Å². The Morgan fingerprint density at radius 2 is 1.75 bits per heavy atom. The number of hydrogen-bond donors (Lipinski definition) is 0. The third-order valence-corrected chi connectivity index (χ3v) is 4.52. The van der Waals surface area contributed by atoms with Crippen molar-refractivity contribution in [3.8, 4) is 0 Å². The van der Waals surface area contributed by atoms with Gasteiger partial charge in [-0.15, -0.1) is 0 Å². The molecule has 3 heteroatoms. The summed E-state index contributed by atoms with van der Waals surface area (Å²) < 4.78 is 5.33. The summed E-state index contributed by atoms with van der Waals surface area (Å²) in [6.07, 6.45) is 1.75. The van der Waals surface area contributed by atoms with E-state index in [0.717, 1.165) is 24.1 Å². The van der Waals surface area contributed by atoms with Crippen LogP contribution in [0.4, 0.5) is 0 Å². The van der Waals surface area contributed by atoms with Crippen molar-refractivity contribution in [2.24, 2.45) is 0 Å². The van der Waals surface area contributed by atoms with Gasteiger partial charge in [0.2, 0.25) is 0 Å². The van der Waals surface area contributed by atoms with Gasteiger partial charge in [-0.05, 0) is 12.5 Å². The largest absolute Gasteiger partial charge is 0.446 e. The zero-order valence-corrected chi connectivity index (χ0v) is 11.0. The number of benzene rings is 1. The van der Waals surface area contributed by atoms with Gasteiger partial charge in [0.05, 0.1) is 5.56 Å². The molecule has 0 spiro atoms. The minimum Gasteiger partial charge on any atom is -0.446 e. The molecule has 0 fully saturated rings. The van der Waals surface area contributed by atoms with Gasteiger partial charge in [0.1, 0.15) is 0 Å². The first-order valence-corrected chi connectivity index (χ1v) is 9.35. The van der Waals surface area contributed by atoms with Crippen LogP contribution in [-0.2, 0) is 4.74 Å². The molecule has 0 saturated carbocycles. The van der Waals surface area contributed by atoms with Gasteiger partial charge in [0.25, 0.3) is 0 Å². The molecule has 1 aliphatic rings. The molecule has 2 nitrogen and oxygen atoms in total. The van der Waals surface area contributed by atoms with Gasteiger partial charge < -0.3 is 4.74 Å². The lowest BCUT2D eigenvalue weighted by molar-refractivity contribution is 0.0594. The SMILES string of the molecule is C[Si](C)(C)CC[C]1OC(=O)c2ccccc21. The Morgan fingerprint density at radius 3 is 2.38 bits per heavy atom. The normalized spacial score (nSPS) is 16.1. The molecule has 0 aromatic heterocycles. The third kappa shape index (κ3) is 2.35. The van der Waals surface area contributed by atoms with Crippen LogP contribution in [0, 0.1) is 6.10 Å². The number of hydrogen-bond acceptors (Lipinski definition) is 2. The summed E-state index contributed by atoms with van der Waals surface area (Å²) in [7, 11) is -1.08. The lowest BCUT2D eigenvalue weighted by atomic mass is 10.0. The van der Waals surface area contributed by atoms with Crippen LogP contribution in [0.25, 0.3) is 0 Å². The van der Waals surface area contributed by atoms with Crippen LogP contribution in [0.5, 0.6) is 0 Å². The number of fused-ring (bicyclic) bond motifs is 1. The molecule has 0 aliphatic carbocycles. The highest BCUT2D eigenvalue weighted by Crippen LogP contribution is 2.34. The summed E-state index contributed by atoms with van der Waals surface area (Å²) >= 11 is 0. The Bertz CT molecular complexity index is 407. The maximum absolute atomic E-state index is 11.6. The number of carbonyl (C=O) groups is 1. The number of esters is 1. The van der Waals surface area contributed by atoms with Crippen molar-refractivity contribution in [3.05, 3.63) is 41.5 Å². The van der Waals surface area contributed by atoms with Crippen LogP contribution in [0.15, 0.2) is 24.3 Å². The third-order valence-electron chi connectivity index (χ3n) is 2.77. The second kappa shape index (κ2) is 4.05. The first kappa shape index (κ1) is 11.4. The van der Waals surface area contributed by atoms with Gasteiger partial charge in [0.15, 0.2) is 6.10 Å². The number of carbonyl (C=O) groups excluding carboxylic acids is 1. The van der Waals surface area contributed by atoms with Crippen molar-refractivity contribution < 1.29 is 9.53 Å². The van der Waals surface area contributed by atoms with E-state index >= 15 is 0 Å². The number of ether oxygens (including phenoxy) is 1. The molecule has 0 N–H and O–H groups in total. The zero-order valence-electron chi connectivity index (χ0n) is 10.0. The summed E-state index contributed by atoms with van der Waals surface area (Å²) in [6, 6.07) is 8.79. The summed E-state index contributed by atoms with van der Waals surface area (Å²) in [5, 5.41) is 0. The molecule has 1 aromatic rings. The predicted molar refractivity (Wildman–Crippen MR) is 67.0 cm³/mol. The molecule has 1 heterocycles. The lowest BCUT2D eigenvalue weighted by Crippen LogP contribution is -2.20. The van der Waals surface area contributed by atoms with E-state index in [1.807, 2.05) is 24.3 Å². The maximum atomic E-state index is 11.6. The van der Waals surface area contributed by atoms with E-state index in [4.69, 9.17) is 4.74 Å². The highest BCUT2D eigenvalue weighted by Gasteiger charge is 2.32. The maximum Gasteiger partial charge on any atom is 0.339 e. The molecular formula is C13H17O2Si. The molecule has 1 aliphatic heterocycles. The second-order valence-electron chi connectivity index (χ2n) is 5.42. The van der Waals surface area contributed by atoms with Gasteiger partial charge >= 0.3 is 5.97 Å². The molecule has 0 atom stereocenters. The van der Waals surface area contributed by atoms with Crippen LogP contribution in [0.1, 0.15) is 22.3 Å². The second-order valence-corrected chi connectivity index (χ2v) is 11.0. The molecule has 2 rings (SSSR count). The minimum absolute atomic E-state index is 0.193. The average molecular weight is 233 g/mol. The molecule has 1 radical (unpaired) electrons. The van der Waals surface area contributed by atoms with Crippen LogP contribution in [0.2, 0.25) is 25.7 Å². The Hall–Kier alpha value is -1.09. The summed E-state index contributed by atoms with van der Waals surface area (Å²) in [5.74, 6) is -0.193. The molecule has 0 amide bonds. The highest BCUT2D eigenvalue weighted by atomic mass is 28.3. The molecule has 0 unspecified atom stereocenters. The van der Waals surface area contributed by atoms with Crippen molar-refractivity contribution in [2.75, 3.05) is 0 Å². The van der Waals surface area contributed by atoms with Crippen LogP contribution in [-0.4, -0.2) is 14.0 Å². The highest BCUT2D eigenvalue weighted by molar-refractivity contribution is 6.76. The number of rotatable bonds is 3. The lowest BCUT2D eigenvalue weighted by Gasteiger charge is -2.17. The molecular weight excluding hydrogens is 216 g/mol. The summed E-state index contributed by atoms with van der Waals surface area (Å²) in [6.45, 7) is 6.99. The van der Waals surface area contributed by atoms with Gasteiger partial charge in [-0.25, -0.2) is 4.79 Å². The van der Waals surface area contributed by atoms with Crippen LogP contribution >= 0.6 is 0 Å². The van der Waals surface area contributed by atoms with Gasteiger partial charge in [-0.2, -0.15) is 0 Å². The fourth-order valence-corrected chi connectivity index (χ4v) is 2.78. The Labute approximate surface area is 97.6 Å². The fourth-order valence-electron chi connectivity index (χ4n) is 1.80. The summed E-state index contributed by atoms with van der Waals surface area (Å²) in [4.78, 5) is 11.6. The zero-order chi connectivity index (χ0) is 11.8. The van der Waals surface area contributed by atoms with E-state index in [2.05, 4.69) is 19.6 Å². The van der Waals surface area contributed by atoms with Crippen LogP contribution < -0.4 is 0 Å². The predicted octanol–water partition coefficient (Wildman–Crippen LogP) is 3.47. The molecule has 0 bridgehead atoms. The standard InChI is InChI=1S/C13H17O2Si/c1-16(2,3)9-8-12-10-6-4-5-7-11(10)13(14)15-12/h4-7H,8-9H2,1-3H3. The molecule has 0 saturated heterocycles. The van der Waals surface area contributed by atoms with Gasteiger partial charge in [0, 0.05) is 13.6 Å². The Balaban J connectivity index is 2.12. The minimum atomic E-state index is -1.08. The number of cyclic esters (lactones) is 1. The van der Waals surface area contributed by atoms with E-state index < -0.39 is 8.07 Å². The van der Waals surface area contributed by atoms with E-state index in [0.29, 0.717) is 5.56 Å². The van der Waals surface area contributed by atoms with E-state index in [9.17, 15) is 4.79 Å². The summed E-state index contributed by atoms with van der Waals surface area (Å²) in [5.41, 5.74) is 1.71.